The Morgan fingerprint density at radius 3 is 2.46 bits per heavy atom. The lowest BCUT2D eigenvalue weighted by Gasteiger charge is -2.34. The van der Waals surface area contributed by atoms with E-state index in [0.29, 0.717) is 12.5 Å². The molecule has 0 spiro atoms. The van der Waals surface area contributed by atoms with Gasteiger partial charge in [-0.05, 0) is 42.2 Å². The van der Waals surface area contributed by atoms with Crippen molar-refractivity contribution in [1.82, 2.24) is 9.88 Å². The highest BCUT2D eigenvalue weighted by molar-refractivity contribution is 5.92. The number of carbonyl (C=O) groups is 1. The fraction of sp³-hybridized carbons (Fsp3) is 0.429. The van der Waals surface area contributed by atoms with Crippen molar-refractivity contribution < 1.29 is 4.79 Å². The van der Waals surface area contributed by atoms with Crippen LogP contribution in [0.3, 0.4) is 0 Å². The molecule has 3 rings (SSSR count). The molecule has 0 bridgehead atoms. The molecule has 2 aromatic rings. The summed E-state index contributed by atoms with van der Waals surface area (Å²) in [6, 6.07) is 14.2. The molecule has 2 heterocycles. The molecule has 5 nitrogen and oxygen atoms in total. The summed E-state index contributed by atoms with van der Waals surface area (Å²) in [5.74, 6) is 1.61. The van der Waals surface area contributed by atoms with Crippen LogP contribution in [-0.2, 0) is 4.79 Å². The zero-order valence-electron chi connectivity index (χ0n) is 15.7. The molecule has 1 aliphatic heterocycles. The van der Waals surface area contributed by atoms with E-state index in [0.717, 1.165) is 44.1 Å². The predicted octanol–water partition coefficient (Wildman–Crippen LogP) is 3.36. The molecule has 1 saturated heterocycles. The molecule has 0 saturated carbocycles. The average Bonchev–Trinajstić information content (AvgIpc) is 2.69. The minimum atomic E-state index is 0.0487. The third-order valence-corrected chi connectivity index (χ3v) is 5.09. The number of hydrogen-bond donors (Lipinski definition) is 1. The summed E-state index contributed by atoms with van der Waals surface area (Å²) in [6.07, 6.45) is 2.94. The van der Waals surface area contributed by atoms with Gasteiger partial charge in [0.1, 0.15) is 5.82 Å². The van der Waals surface area contributed by atoms with E-state index in [4.69, 9.17) is 0 Å². The summed E-state index contributed by atoms with van der Waals surface area (Å²) in [7, 11) is 0. The van der Waals surface area contributed by atoms with Gasteiger partial charge in [0.25, 0.3) is 0 Å². The number of piperazine rings is 1. The molecule has 138 valence electrons. The fourth-order valence-electron chi connectivity index (χ4n) is 3.21. The number of benzene rings is 1. The van der Waals surface area contributed by atoms with E-state index in [-0.39, 0.29) is 5.91 Å². The average molecular weight is 352 g/mol. The molecular formula is C21H28N4O. The van der Waals surface area contributed by atoms with E-state index >= 15 is 0 Å². The van der Waals surface area contributed by atoms with Crippen molar-refractivity contribution in [2.45, 2.75) is 26.2 Å². The second-order valence-corrected chi connectivity index (χ2v) is 6.93. The standard InChI is InChI=1S/C21H28N4O/c1-3-17(2)18-7-9-19(10-8-18)23-21(26)16-24-12-14-25(15-13-24)20-6-4-5-11-22-20/h4-11,17H,3,12-16H2,1-2H3,(H,23,26)/t17-/m1/s1. The van der Waals surface area contributed by atoms with Gasteiger partial charge in [0.05, 0.1) is 6.54 Å². The Hall–Kier alpha value is -2.40. The number of aromatic nitrogens is 1. The van der Waals surface area contributed by atoms with Gasteiger partial charge < -0.3 is 10.2 Å². The van der Waals surface area contributed by atoms with Crippen molar-refractivity contribution in [3.8, 4) is 0 Å². The third-order valence-electron chi connectivity index (χ3n) is 5.09. The monoisotopic (exact) mass is 352 g/mol. The number of rotatable bonds is 6. The lowest BCUT2D eigenvalue weighted by molar-refractivity contribution is -0.117. The fourth-order valence-corrected chi connectivity index (χ4v) is 3.21. The molecule has 0 unspecified atom stereocenters. The highest BCUT2D eigenvalue weighted by atomic mass is 16.2. The predicted molar refractivity (Wildman–Crippen MR) is 107 cm³/mol. The Labute approximate surface area is 156 Å². The molecule has 1 aliphatic rings. The quantitative estimate of drug-likeness (QED) is 0.866. The van der Waals surface area contributed by atoms with Crippen LogP contribution in [0.1, 0.15) is 31.7 Å². The Morgan fingerprint density at radius 1 is 1.12 bits per heavy atom. The number of amides is 1. The summed E-state index contributed by atoms with van der Waals surface area (Å²) in [5.41, 5.74) is 2.19. The lowest BCUT2D eigenvalue weighted by atomic mass is 9.99. The summed E-state index contributed by atoms with van der Waals surface area (Å²) in [6.45, 7) is 8.38. The number of nitrogens with one attached hydrogen (secondary N) is 1. The second-order valence-electron chi connectivity index (χ2n) is 6.93. The van der Waals surface area contributed by atoms with Gasteiger partial charge in [0.2, 0.25) is 5.91 Å². The molecule has 1 N–H and O–H groups in total. The first kappa shape index (κ1) is 18.4. The van der Waals surface area contributed by atoms with Crippen LogP contribution in [0.4, 0.5) is 11.5 Å². The largest absolute Gasteiger partial charge is 0.354 e. The summed E-state index contributed by atoms with van der Waals surface area (Å²) < 4.78 is 0. The highest BCUT2D eigenvalue weighted by Crippen LogP contribution is 2.20. The van der Waals surface area contributed by atoms with Crippen LogP contribution in [0.5, 0.6) is 0 Å². The Balaban J connectivity index is 1.46. The number of hydrogen-bond acceptors (Lipinski definition) is 4. The Bertz CT molecular complexity index is 694. The van der Waals surface area contributed by atoms with Gasteiger partial charge in [0, 0.05) is 38.1 Å². The molecule has 5 heteroatoms. The van der Waals surface area contributed by atoms with Crippen LogP contribution in [0.25, 0.3) is 0 Å². The maximum atomic E-state index is 12.3. The van der Waals surface area contributed by atoms with Gasteiger partial charge in [-0.1, -0.05) is 32.0 Å². The van der Waals surface area contributed by atoms with Crippen molar-refractivity contribution in [2.75, 3.05) is 42.9 Å². The van der Waals surface area contributed by atoms with Crippen LogP contribution in [-0.4, -0.2) is 48.5 Å². The van der Waals surface area contributed by atoms with Crippen molar-refractivity contribution in [2.24, 2.45) is 0 Å². The van der Waals surface area contributed by atoms with Crippen LogP contribution in [0, 0.1) is 0 Å². The lowest BCUT2D eigenvalue weighted by Crippen LogP contribution is -2.48. The molecule has 1 atom stereocenters. The van der Waals surface area contributed by atoms with E-state index in [1.807, 2.05) is 36.5 Å². The number of carbonyl (C=O) groups excluding carboxylic acids is 1. The summed E-state index contributed by atoms with van der Waals surface area (Å²) in [4.78, 5) is 21.2. The van der Waals surface area contributed by atoms with E-state index < -0.39 is 0 Å². The van der Waals surface area contributed by atoms with Gasteiger partial charge in [0.15, 0.2) is 0 Å². The maximum Gasteiger partial charge on any atom is 0.238 e. The van der Waals surface area contributed by atoms with Crippen molar-refractivity contribution in [3.05, 3.63) is 54.2 Å². The first-order valence-corrected chi connectivity index (χ1v) is 9.44. The molecular weight excluding hydrogens is 324 g/mol. The molecule has 1 amide bonds. The minimum Gasteiger partial charge on any atom is -0.354 e. The van der Waals surface area contributed by atoms with Crippen LogP contribution in [0.2, 0.25) is 0 Å². The van der Waals surface area contributed by atoms with Crippen molar-refractivity contribution >= 4 is 17.4 Å². The second kappa shape index (κ2) is 8.81. The topological polar surface area (TPSA) is 48.5 Å². The normalized spacial score (nSPS) is 16.3. The first-order valence-electron chi connectivity index (χ1n) is 9.44. The van der Waals surface area contributed by atoms with Gasteiger partial charge in [-0.25, -0.2) is 4.98 Å². The summed E-state index contributed by atoms with van der Waals surface area (Å²) >= 11 is 0. The summed E-state index contributed by atoms with van der Waals surface area (Å²) in [5, 5.41) is 3.01. The van der Waals surface area contributed by atoms with E-state index in [9.17, 15) is 4.79 Å². The molecule has 1 aromatic heterocycles. The van der Waals surface area contributed by atoms with Crippen LogP contribution in [0.15, 0.2) is 48.7 Å². The molecule has 1 aromatic carbocycles. The first-order chi connectivity index (χ1) is 12.7. The van der Waals surface area contributed by atoms with Gasteiger partial charge >= 0.3 is 0 Å². The Kier molecular flexibility index (Phi) is 6.23. The van der Waals surface area contributed by atoms with E-state index in [1.165, 1.54) is 5.56 Å². The SMILES string of the molecule is CC[C@@H](C)c1ccc(NC(=O)CN2CCN(c3ccccn3)CC2)cc1. The van der Waals surface area contributed by atoms with Gasteiger partial charge in [-0.2, -0.15) is 0 Å². The van der Waals surface area contributed by atoms with Crippen molar-refractivity contribution in [3.63, 3.8) is 0 Å². The van der Waals surface area contributed by atoms with E-state index in [2.05, 4.69) is 46.1 Å². The smallest absolute Gasteiger partial charge is 0.238 e. The minimum absolute atomic E-state index is 0.0487. The van der Waals surface area contributed by atoms with Crippen molar-refractivity contribution in [1.29, 1.82) is 0 Å². The zero-order valence-corrected chi connectivity index (χ0v) is 15.7. The van der Waals surface area contributed by atoms with Crippen LogP contribution >= 0.6 is 0 Å². The molecule has 26 heavy (non-hydrogen) atoms. The molecule has 0 radical (unpaired) electrons. The van der Waals surface area contributed by atoms with E-state index in [1.54, 1.807) is 0 Å². The molecule has 1 fully saturated rings. The van der Waals surface area contributed by atoms with Gasteiger partial charge in [-0.15, -0.1) is 0 Å². The number of pyridine rings is 1. The third kappa shape index (κ3) is 4.82. The maximum absolute atomic E-state index is 12.3. The molecule has 0 aliphatic carbocycles. The number of nitrogens with zero attached hydrogens (tertiary/aromatic N) is 3. The number of anilines is 2. The highest BCUT2D eigenvalue weighted by Gasteiger charge is 2.19. The Morgan fingerprint density at radius 2 is 1.85 bits per heavy atom. The zero-order chi connectivity index (χ0) is 18.4. The van der Waals surface area contributed by atoms with Crippen LogP contribution < -0.4 is 10.2 Å². The van der Waals surface area contributed by atoms with Gasteiger partial charge in [-0.3, -0.25) is 9.69 Å².